The highest BCUT2D eigenvalue weighted by Crippen LogP contribution is 2.43. The highest BCUT2D eigenvalue weighted by molar-refractivity contribution is 6.24. The van der Waals surface area contributed by atoms with Gasteiger partial charge in [-0.05, 0) is 70.8 Å². The summed E-state index contributed by atoms with van der Waals surface area (Å²) in [4.78, 5) is 10.6. The summed E-state index contributed by atoms with van der Waals surface area (Å²) in [6.45, 7) is 0. The summed E-state index contributed by atoms with van der Waals surface area (Å²) in [5.41, 5.74) is 13.3. The molecule has 0 saturated heterocycles. The van der Waals surface area contributed by atoms with Crippen LogP contribution in [0.15, 0.2) is 158 Å². The summed E-state index contributed by atoms with van der Waals surface area (Å²) in [6, 6.07) is 56.3. The fraction of sp³-hybridized carbons (Fsp3) is 0.0435. The van der Waals surface area contributed by atoms with Crippen LogP contribution in [0.4, 0.5) is 0 Å². The fourth-order valence-electron chi connectivity index (χ4n) is 8.30. The molecular formula is C46H32N6. The van der Waals surface area contributed by atoms with E-state index < -0.39 is 0 Å². The van der Waals surface area contributed by atoms with Crippen LogP contribution in [-0.2, 0) is 14.1 Å². The molecule has 4 heterocycles. The Morgan fingerprint density at radius 3 is 1.17 bits per heavy atom. The quantitative estimate of drug-likeness (QED) is 0.187. The van der Waals surface area contributed by atoms with Crippen LogP contribution in [0.5, 0.6) is 0 Å². The highest BCUT2D eigenvalue weighted by atomic mass is 15.3. The molecule has 0 aliphatic rings. The van der Waals surface area contributed by atoms with Crippen LogP contribution in [-0.4, -0.2) is 28.2 Å². The Morgan fingerprint density at radius 2 is 0.750 bits per heavy atom. The van der Waals surface area contributed by atoms with Gasteiger partial charge in [-0.15, -0.1) is 0 Å². The molecule has 0 saturated carbocycles. The van der Waals surface area contributed by atoms with Gasteiger partial charge >= 0.3 is 0 Å². The monoisotopic (exact) mass is 668 g/mol. The van der Waals surface area contributed by atoms with Gasteiger partial charge in [0.15, 0.2) is 0 Å². The summed E-state index contributed by atoms with van der Waals surface area (Å²) in [6.07, 6.45) is 0. The molecule has 11 rings (SSSR count). The summed E-state index contributed by atoms with van der Waals surface area (Å²) in [7, 11) is 4.24. The van der Waals surface area contributed by atoms with E-state index in [1.165, 1.54) is 43.8 Å². The van der Waals surface area contributed by atoms with E-state index in [-0.39, 0.29) is 0 Å². The Labute approximate surface area is 299 Å². The van der Waals surface area contributed by atoms with Crippen molar-refractivity contribution in [2.45, 2.75) is 0 Å². The van der Waals surface area contributed by atoms with Crippen molar-refractivity contribution < 1.29 is 0 Å². The molecule has 52 heavy (non-hydrogen) atoms. The van der Waals surface area contributed by atoms with Crippen LogP contribution in [0.1, 0.15) is 0 Å². The second-order valence-corrected chi connectivity index (χ2v) is 13.6. The van der Waals surface area contributed by atoms with Gasteiger partial charge in [-0.1, -0.05) is 109 Å². The number of hydrogen-bond acceptors (Lipinski definition) is 2. The van der Waals surface area contributed by atoms with Crippen molar-refractivity contribution in [3.8, 4) is 34.2 Å². The molecule has 0 unspecified atom stereocenters. The van der Waals surface area contributed by atoms with Gasteiger partial charge in [0.1, 0.15) is 0 Å². The van der Waals surface area contributed by atoms with Gasteiger partial charge in [-0.2, -0.15) is 0 Å². The van der Waals surface area contributed by atoms with Crippen molar-refractivity contribution in [3.05, 3.63) is 158 Å². The number of aryl methyl sites for hydroxylation is 2. The van der Waals surface area contributed by atoms with E-state index in [4.69, 9.17) is 9.97 Å². The van der Waals surface area contributed by atoms with Gasteiger partial charge in [0.25, 0.3) is 0 Å². The maximum absolute atomic E-state index is 5.30. The summed E-state index contributed by atoms with van der Waals surface area (Å²) >= 11 is 0. The molecule has 7 aromatic carbocycles. The average molecular weight is 669 g/mol. The summed E-state index contributed by atoms with van der Waals surface area (Å²) < 4.78 is 9.18. The number of nitrogens with zero attached hydrogens (tertiary/aromatic N) is 6. The van der Waals surface area contributed by atoms with Crippen molar-refractivity contribution in [1.29, 1.82) is 0 Å². The molecule has 0 aliphatic carbocycles. The lowest BCUT2D eigenvalue weighted by molar-refractivity contribution is 0.861. The average Bonchev–Trinajstić information content (AvgIpc) is 3.92. The highest BCUT2D eigenvalue weighted by Gasteiger charge is 2.25. The Hall–Kier alpha value is -6.92. The van der Waals surface area contributed by atoms with Crippen molar-refractivity contribution >= 4 is 65.7 Å². The zero-order chi connectivity index (χ0) is 34.5. The zero-order valence-corrected chi connectivity index (χ0v) is 28.7. The molecule has 0 amide bonds. The van der Waals surface area contributed by atoms with Gasteiger partial charge in [-0.25, -0.2) is 9.97 Å². The van der Waals surface area contributed by atoms with E-state index in [0.717, 1.165) is 56.0 Å². The van der Waals surface area contributed by atoms with E-state index in [0.29, 0.717) is 0 Å². The summed E-state index contributed by atoms with van der Waals surface area (Å²) in [5.74, 6) is 1.74. The molecule has 0 atom stereocenters. The lowest BCUT2D eigenvalue weighted by Crippen LogP contribution is -2.06. The second kappa shape index (κ2) is 10.8. The molecule has 0 bridgehead atoms. The van der Waals surface area contributed by atoms with Gasteiger partial charge in [0.05, 0.1) is 44.1 Å². The van der Waals surface area contributed by atoms with Crippen LogP contribution < -0.4 is 0 Å². The first-order chi connectivity index (χ1) is 25.6. The van der Waals surface area contributed by atoms with E-state index in [1.54, 1.807) is 0 Å². The number of imidazole rings is 2. The van der Waals surface area contributed by atoms with Crippen molar-refractivity contribution in [2.24, 2.45) is 14.1 Å². The lowest BCUT2D eigenvalue weighted by Gasteiger charge is -2.12. The van der Waals surface area contributed by atoms with Crippen LogP contribution >= 0.6 is 0 Å². The predicted molar refractivity (Wildman–Crippen MR) is 215 cm³/mol. The molecule has 0 N–H and O–H groups in total. The van der Waals surface area contributed by atoms with Gasteiger partial charge in [-0.3, -0.25) is 9.13 Å². The Balaban J connectivity index is 1.35. The second-order valence-electron chi connectivity index (χ2n) is 13.6. The molecule has 246 valence electrons. The Bertz CT molecular complexity index is 2980. The van der Waals surface area contributed by atoms with Gasteiger partial charge < -0.3 is 9.13 Å². The number of benzene rings is 7. The Kier molecular flexibility index (Phi) is 5.99. The van der Waals surface area contributed by atoms with Crippen molar-refractivity contribution in [3.63, 3.8) is 0 Å². The molecule has 0 aliphatic heterocycles. The molecule has 6 heteroatoms. The standard InChI is InChI=1S/C46H32N6/c1-49-41-19-11-9-17-37(41)47-45(49)51-39-25-21-31(29-13-5-3-6-14-29)27-35(39)33-23-24-34-36-28-32(30-15-7-4-8-16-30)22-26-40(36)52(44(34)43(33)51)46-48-38-18-10-12-20-42(38)50(46)2/h3-28H,1-2H3. The predicted octanol–water partition coefficient (Wildman–Crippen LogP) is 11.0. The first kappa shape index (κ1) is 28.9. The third kappa shape index (κ3) is 4.00. The fourth-order valence-corrected chi connectivity index (χ4v) is 8.30. The van der Waals surface area contributed by atoms with E-state index in [2.05, 4.69) is 190 Å². The van der Waals surface area contributed by atoms with E-state index in [1.807, 2.05) is 0 Å². The lowest BCUT2D eigenvalue weighted by atomic mass is 10.0. The third-order valence-electron chi connectivity index (χ3n) is 10.8. The van der Waals surface area contributed by atoms with E-state index in [9.17, 15) is 0 Å². The molecule has 0 radical (unpaired) electrons. The number of hydrogen-bond donors (Lipinski definition) is 0. The smallest absolute Gasteiger partial charge is 0.215 e. The van der Waals surface area contributed by atoms with Crippen LogP contribution in [0, 0.1) is 0 Å². The number of para-hydroxylation sites is 4. The molecule has 6 nitrogen and oxygen atoms in total. The number of aromatic nitrogens is 6. The van der Waals surface area contributed by atoms with Crippen LogP contribution in [0.3, 0.4) is 0 Å². The molecular weight excluding hydrogens is 637 g/mol. The molecule has 4 aromatic heterocycles. The summed E-state index contributed by atoms with van der Waals surface area (Å²) in [5, 5.41) is 4.69. The zero-order valence-electron chi connectivity index (χ0n) is 28.7. The first-order valence-electron chi connectivity index (χ1n) is 17.6. The maximum atomic E-state index is 5.30. The first-order valence-corrected chi connectivity index (χ1v) is 17.6. The van der Waals surface area contributed by atoms with Crippen LogP contribution in [0.25, 0.3) is 99.8 Å². The number of rotatable bonds is 4. The molecule has 11 aromatic rings. The number of fused-ring (bicyclic) bond motifs is 9. The SMILES string of the molecule is Cn1c(-n2c3ccc(-c4ccccc4)cc3c3ccc4c5cc(-c6ccccc6)ccc5n(-c5nc6ccccc6n5C)c4c32)nc2ccccc21. The van der Waals surface area contributed by atoms with Crippen molar-refractivity contribution in [1.82, 2.24) is 28.2 Å². The van der Waals surface area contributed by atoms with E-state index >= 15 is 0 Å². The van der Waals surface area contributed by atoms with Gasteiger partial charge in [0, 0.05) is 35.6 Å². The molecule has 0 fully saturated rings. The minimum Gasteiger partial charge on any atom is -0.313 e. The van der Waals surface area contributed by atoms with Crippen LogP contribution in [0.2, 0.25) is 0 Å². The third-order valence-corrected chi connectivity index (χ3v) is 10.8. The normalized spacial score (nSPS) is 12.0. The maximum Gasteiger partial charge on any atom is 0.215 e. The van der Waals surface area contributed by atoms with Gasteiger partial charge in [0.2, 0.25) is 11.9 Å². The topological polar surface area (TPSA) is 45.5 Å². The largest absolute Gasteiger partial charge is 0.313 e. The van der Waals surface area contributed by atoms with Crippen molar-refractivity contribution in [2.75, 3.05) is 0 Å². The minimum atomic E-state index is 0.868. The Morgan fingerprint density at radius 1 is 0.346 bits per heavy atom. The molecule has 0 spiro atoms. The minimum absolute atomic E-state index is 0.868.